The topological polar surface area (TPSA) is 81.5 Å². The highest BCUT2D eigenvalue weighted by Gasteiger charge is 2.16. The smallest absolute Gasteiger partial charge is 0.407 e. The van der Waals surface area contributed by atoms with Gasteiger partial charge in [0.1, 0.15) is 5.60 Å². The van der Waals surface area contributed by atoms with Crippen molar-refractivity contribution in [1.29, 1.82) is 0 Å². The molecule has 0 bridgehead atoms. The standard InChI is InChI=1S/C16H24N2O4/c1-16(2,3)22-15(19)17-12-14-10-5-4-8-13(14)9-6-7-11-18(20)21/h4-5,8,10H,6-7,9,11-12H2,1-3H3,(H,17,19). The Morgan fingerprint density at radius 2 is 1.86 bits per heavy atom. The molecule has 1 aromatic carbocycles. The average molecular weight is 308 g/mol. The number of nitro groups is 1. The highest BCUT2D eigenvalue weighted by molar-refractivity contribution is 5.67. The summed E-state index contributed by atoms with van der Waals surface area (Å²) in [6, 6.07) is 7.77. The largest absolute Gasteiger partial charge is 0.444 e. The molecule has 0 aliphatic carbocycles. The summed E-state index contributed by atoms with van der Waals surface area (Å²) in [7, 11) is 0. The van der Waals surface area contributed by atoms with Gasteiger partial charge in [-0.3, -0.25) is 10.1 Å². The first-order valence-corrected chi connectivity index (χ1v) is 7.43. The molecule has 0 saturated carbocycles. The summed E-state index contributed by atoms with van der Waals surface area (Å²) in [4.78, 5) is 21.7. The molecule has 0 aliphatic rings. The van der Waals surface area contributed by atoms with Crippen molar-refractivity contribution in [1.82, 2.24) is 5.32 Å². The van der Waals surface area contributed by atoms with Crippen LogP contribution in [0.15, 0.2) is 24.3 Å². The van der Waals surface area contributed by atoms with E-state index in [1.807, 2.05) is 45.0 Å². The number of rotatable bonds is 7. The zero-order chi connectivity index (χ0) is 16.6. The first kappa shape index (κ1) is 17.9. The van der Waals surface area contributed by atoms with Gasteiger partial charge in [-0.1, -0.05) is 24.3 Å². The summed E-state index contributed by atoms with van der Waals surface area (Å²) < 4.78 is 5.20. The Balaban J connectivity index is 2.49. The fourth-order valence-corrected chi connectivity index (χ4v) is 2.01. The predicted molar refractivity (Wildman–Crippen MR) is 84.3 cm³/mol. The Morgan fingerprint density at radius 1 is 1.23 bits per heavy atom. The van der Waals surface area contributed by atoms with Crippen LogP contribution in [-0.4, -0.2) is 23.2 Å². The van der Waals surface area contributed by atoms with Gasteiger partial charge in [-0.15, -0.1) is 0 Å². The van der Waals surface area contributed by atoms with E-state index < -0.39 is 11.7 Å². The van der Waals surface area contributed by atoms with Crippen molar-refractivity contribution >= 4 is 6.09 Å². The molecule has 22 heavy (non-hydrogen) atoms. The van der Waals surface area contributed by atoms with Crippen molar-refractivity contribution in [3.8, 4) is 0 Å². The van der Waals surface area contributed by atoms with Crippen LogP contribution in [0.1, 0.15) is 44.7 Å². The summed E-state index contributed by atoms with van der Waals surface area (Å²) in [6.45, 7) is 5.83. The van der Waals surface area contributed by atoms with Crippen molar-refractivity contribution in [2.75, 3.05) is 6.54 Å². The number of aryl methyl sites for hydroxylation is 1. The van der Waals surface area contributed by atoms with Gasteiger partial charge in [-0.25, -0.2) is 4.79 Å². The monoisotopic (exact) mass is 308 g/mol. The highest BCUT2D eigenvalue weighted by Crippen LogP contribution is 2.13. The number of amides is 1. The van der Waals surface area contributed by atoms with Gasteiger partial charge in [0.2, 0.25) is 6.54 Å². The van der Waals surface area contributed by atoms with E-state index in [1.165, 1.54) is 0 Å². The lowest BCUT2D eigenvalue weighted by Crippen LogP contribution is -2.32. The van der Waals surface area contributed by atoms with E-state index in [0.29, 0.717) is 13.0 Å². The zero-order valence-electron chi connectivity index (χ0n) is 13.4. The van der Waals surface area contributed by atoms with Gasteiger partial charge in [-0.2, -0.15) is 0 Å². The van der Waals surface area contributed by atoms with E-state index in [-0.39, 0.29) is 11.5 Å². The quantitative estimate of drug-likeness (QED) is 0.476. The highest BCUT2D eigenvalue weighted by atomic mass is 16.6. The maximum Gasteiger partial charge on any atom is 0.407 e. The summed E-state index contributed by atoms with van der Waals surface area (Å²) in [5, 5.41) is 13.0. The van der Waals surface area contributed by atoms with Crippen LogP contribution < -0.4 is 5.32 Å². The van der Waals surface area contributed by atoms with Crippen molar-refractivity contribution in [2.45, 2.75) is 52.2 Å². The second-order valence-corrected chi connectivity index (χ2v) is 6.14. The van der Waals surface area contributed by atoms with Crippen LogP contribution in [-0.2, 0) is 17.7 Å². The fraction of sp³-hybridized carbons (Fsp3) is 0.562. The number of nitrogens with one attached hydrogen (secondary N) is 1. The number of nitrogens with zero attached hydrogens (tertiary/aromatic N) is 1. The van der Waals surface area contributed by atoms with E-state index >= 15 is 0 Å². The molecule has 1 N–H and O–H groups in total. The van der Waals surface area contributed by atoms with Gasteiger partial charge < -0.3 is 10.1 Å². The van der Waals surface area contributed by atoms with E-state index in [4.69, 9.17) is 4.74 Å². The molecule has 122 valence electrons. The molecule has 6 heteroatoms. The Bertz CT molecular complexity index is 509. The number of carbonyl (C=O) groups excluding carboxylic acids is 1. The molecule has 1 rings (SSSR count). The number of carbonyl (C=O) groups is 1. The number of hydrogen-bond donors (Lipinski definition) is 1. The van der Waals surface area contributed by atoms with Gasteiger partial charge >= 0.3 is 6.09 Å². The zero-order valence-corrected chi connectivity index (χ0v) is 13.4. The fourth-order valence-electron chi connectivity index (χ4n) is 2.01. The molecule has 0 atom stereocenters. The van der Waals surface area contributed by atoms with Crippen LogP contribution in [0.4, 0.5) is 4.79 Å². The lowest BCUT2D eigenvalue weighted by atomic mass is 10.0. The van der Waals surface area contributed by atoms with Crippen LogP contribution in [0.2, 0.25) is 0 Å². The SMILES string of the molecule is CC(C)(C)OC(=O)NCc1ccccc1CCCC[N+](=O)[O-]. The Kier molecular flexibility index (Phi) is 6.82. The molecule has 0 aromatic heterocycles. The molecular weight excluding hydrogens is 284 g/mol. The van der Waals surface area contributed by atoms with Crippen molar-refractivity contribution in [2.24, 2.45) is 0 Å². The maximum absolute atomic E-state index is 11.7. The van der Waals surface area contributed by atoms with E-state index in [9.17, 15) is 14.9 Å². The molecule has 6 nitrogen and oxygen atoms in total. The molecule has 0 aliphatic heterocycles. The van der Waals surface area contributed by atoms with Gasteiger partial charge in [0, 0.05) is 17.9 Å². The van der Waals surface area contributed by atoms with Crippen LogP contribution in [0, 0.1) is 10.1 Å². The third-order valence-electron chi connectivity index (χ3n) is 2.98. The van der Waals surface area contributed by atoms with E-state index in [2.05, 4.69) is 5.32 Å². The summed E-state index contributed by atoms with van der Waals surface area (Å²) in [5.74, 6) is 0. The van der Waals surface area contributed by atoms with Gasteiger partial charge in [-0.05, 0) is 44.7 Å². The number of alkyl carbamates (subject to hydrolysis) is 1. The van der Waals surface area contributed by atoms with Crippen LogP contribution in [0.25, 0.3) is 0 Å². The lowest BCUT2D eigenvalue weighted by molar-refractivity contribution is -0.480. The number of hydrogen-bond acceptors (Lipinski definition) is 4. The van der Waals surface area contributed by atoms with Crippen molar-refractivity contribution < 1.29 is 14.5 Å². The molecule has 0 fully saturated rings. The Labute approximate surface area is 131 Å². The number of ether oxygens (including phenoxy) is 1. The second kappa shape index (κ2) is 8.36. The Morgan fingerprint density at radius 3 is 2.45 bits per heavy atom. The Hall–Kier alpha value is -2.11. The van der Waals surface area contributed by atoms with Crippen LogP contribution >= 0.6 is 0 Å². The first-order chi connectivity index (χ1) is 10.3. The minimum atomic E-state index is -0.522. The van der Waals surface area contributed by atoms with Gasteiger partial charge in [0.25, 0.3) is 0 Å². The van der Waals surface area contributed by atoms with Crippen LogP contribution in [0.5, 0.6) is 0 Å². The molecule has 0 spiro atoms. The predicted octanol–water partition coefficient (Wildman–Crippen LogP) is 3.31. The van der Waals surface area contributed by atoms with Gasteiger partial charge in [0.15, 0.2) is 0 Å². The third-order valence-corrected chi connectivity index (χ3v) is 2.98. The molecule has 0 unspecified atom stereocenters. The first-order valence-electron chi connectivity index (χ1n) is 7.43. The normalized spacial score (nSPS) is 11.0. The minimum Gasteiger partial charge on any atom is -0.444 e. The molecule has 0 saturated heterocycles. The summed E-state index contributed by atoms with van der Waals surface area (Å²) >= 11 is 0. The number of benzene rings is 1. The van der Waals surface area contributed by atoms with E-state index in [1.54, 1.807) is 0 Å². The molecule has 0 radical (unpaired) electrons. The molecule has 0 heterocycles. The second-order valence-electron chi connectivity index (χ2n) is 6.14. The molecule has 1 aromatic rings. The lowest BCUT2D eigenvalue weighted by Gasteiger charge is -2.20. The number of unbranched alkanes of at least 4 members (excludes halogenated alkanes) is 1. The van der Waals surface area contributed by atoms with Crippen molar-refractivity contribution in [3.05, 3.63) is 45.5 Å². The van der Waals surface area contributed by atoms with E-state index in [0.717, 1.165) is 24.0 Å². The molecular formula is C16H24N2O4. The van der Waals surface area contributed by atoms with Crippen LogP contribution in [0.3, 0.4) is 0 Å². The minimum absolute atomic E-state index is 0.00166. The summed E-state index contributed by atoms with van der Waals surface area (Å²) in [5.41, 5.74) is 1.59. The third kappa shape index (κ3) is 7.61. The van der Waals surface area contributed by atoms with Crippen molar-refractivity contribution in [3.63, 3.8) is 0 Å². The maximum atomic E-state index is 11.7. The van der Waals surface area contributed by atoms with Gasteiger partial charge in [0.05, 0.1) is 0 Å². The summed E-state index contributed by atoms with van der Waals surface area (Å²) in [6.07, 6.45) is 1.63. The average Bonchev–Trinajstić information content (AvgIpc) is 2.40. The molecule has 1 amide bonds.